The van der Waals surface area contributed by atoms with Gasteiger partial charge in [-0.2, -0.15) is 0 Å². The average Bonchev–Trinajstić information content (AvgIpc) is 2.57. The summed E-state index contributed by atoms with van der Waals surface area (Å²) in [6.07, 6.45) is 10.3. The van der Waals surface area contributed by atoms with Crippen molar-refractivity contribution >= 4 is 0 Å². The Balaban J connectivity index is 0.000000585. The van der Waals surface area contributed by atoms with Crippen molar-refractivity contribution in [3.63, 3.8) is 0 Å². The quantitative estimate of drug-likeness (QED) is 0.309. The molecule has 1 N–H and O–H groups in total. The Bertz CT molecular complexity index is 351. The van der Waals surface area contributed by atoms with Gasteiger partial charge in [0.2, 0.25) is 0 Å². The molecule has 0 heterocycles. The molecule has 0 bridgehead atoms. The highest BCUT2D eigenvalue weighted by Crippen LogP contribution is 2.18. The third-order valence-corrected chi connectivity index (χ3v) is 3.37. The summed E-state index contributed by atoms with van der Waals surface area (Å²) in [7, 11) is 0. The van der Waals surface area contributed by atoms with Gasteiger partial charge in [-0.05, 0) is 38.3 Å². The molecule has 4 heteroatoms. The molecule has 134 valence electrons. The lowest BCUT2D eigenvalue weighted by Crippen LogP contribution is -1.94. The average molecular weight is 326 g/mol. The monoisotopic (exact) mass is 326 g/mol. The Morgan fingerprint density at radius 2 is 1.35 bits per heavy atom. The van der Waals surface area contributed by atoms with Gasteiger partial charge in [-0.3, -0.25) is 0 Å². The first-order valence-corrected chi connectivity index (χ1v) is 8.94. The minimum absolute atomic E-state index is 0.452. The van der Waals surface area contributed by atoms with Gasteiger partial charge in [0.25, 0.3) is 0 Å². The summed E-state index contributed by atoms with van der Waals surface area (Å²) in [6.45, 7) is 6.91. The van der Waals surface area contributed by atoms with Crippen molar-refractivity contribution in [1.29, 1.82) is 0 Å². The summed E-state index contributed by atoms with van der Waals surface area (Å²) in [6, 6.07) is 7.67. The zero-order valence-corrected chi connectivity index (χ0v) is 15.1. The molecule has 0 radical (unpaired) electrons. The fourth-order valence-electron chi connectivity index (χ4n) is 2.13. The van der Waals surface area contributed by atoms with E-state index < -0.39 is 0 Å². The van der Waals surface area contributed by atoms with Gasteiger partial charge in [-0.1, -0.05) is 68.7 Å². The number of phenolic OH excluding ortho intramolecular Hbond substituents is 1. The molecule has 0 aromatic heterocycles. The van der Waals surface area contributed by atoms with Crippen LogP contribution in [0.5, 0.6) is 5.75 Å². The predicted molar refractivity (Wildman–Crippen MR) is 94.1 cm³/mol. The highest BCUT2D eigenvalue weighted by atomic mass is 17.5. The van der Waals surface area contributed by atoms with Crippen LogP contribution < -0.4 is 0 Å². The number of phenols is 1. The van der Waals surface area contributed by atoms with Crippen LogP contribution in [0.2, 0.25) is 0 Å². The standard InChI is InChI=1S/C15H24O.C4H10O3/c1-2-3-4-5-6-7-8-11-14-12-9-10-13-15(14)16;1-3-5-7-6-4-2/h9-10,12-13,16H,2-8,11H2,1H3;3-4H2,1-2H3. The summed E-state index contributed by atoms with van der Waals surface area (Å²) in [4.78, 5) is 8.70. The second-order valence-electron chi connectivity index (χ2n) is 5.38. The summed E-state index contributed by atoms with van der Waals surface area (Å²) in [5.74, 6) is 0.452. The van der Waals surface area contributed by atoms with Crippen LogP contribution in [0.15, 0.2) is 24.3 Å². The van der Waals surface area contributed by atoms with E-state index in [1.165, 1.54) is 44.9 Å². The van der Waals surface area contributed by atoms with Crippen molar-refractivity contribution in [1.82, 2.24) is 0 Å². The molecule has 0 saturated heterocycles. The van der Waals surface area contributed by atoms with E-state index in [1.807, 2.05) is 32.0 Å². The van der Waals surface area contributed by atoms with Crippen LogP contribution in [0.3, 0.4) is 0 Å². The molecule has 1 aromatic carbocycles. The van der Waals surface area contributed by atoms with E-state index in [0.29, 0.717) is 19.0 Å². The molecule has 0 atom stereocenters. The molecule has 23 heavy (non-hydrogen) atoms. The number of hydrogen-bond acceptors (Lipinski definition) is 4. The van der Waals surface area contributed by atoms with Gasteiger partial charge in [0.05, 0.1) is 13.2 Å². The maximum Gasteiger partial charge on any atom is 0.118 e. The molecule has 4 nitrogen and oxygen atoms in total. The Labute approximate surface area is 141 Å². The fraction of sp³-hybridized carbons (Fsp3) is 0.684. The maximum absolute atomic E-state index is 9.58. The molecule has 0 aliphatic rings. The smallest absolute Gasteiger partial charge is 0.118 e. The van der Waals surface area contributed by atoms with Gasteiger partial charge in [0.1, 0.15) is 5.75 Å². The summed E-state index contributed by atoms with van der Waals surface area (Å²) in [5.41, 5.74) is 1.09. The lowest BCUT2D eigenvalue weighted by molar-refractivity contribution is -0.509. The minimum Gasteiger partial charge on any atom is -0.508 e. The minimum atomic E-state index is 0.452. The molecule has 0 aliphatic heterocycles. The van der Waals surface area contributed by atoms with E-state index in [-0.39, 0.29) is 0 Å². The molecule has 1 rings (SSSR count). The van der Waals surface area contributed by atoms with E-state index in [4.69, 9.17) is 0 Å². The van der Waals surface area contributed by atoms with Crippen LogP contribution in [0.25, 0.3) is 0 Å². The lowest BCUT2D eigenvalue weighted by Gasteiger charge is -2.04. The van der Waals surface area contributed by atoms with Gasteiger partial charge < -0.3 is 5.11 Å². The summed E-state index contributed by atoms with van der Waals surface area (Å²) < 4.78 is 0. The number of unbranched alkanes of at least 4 members (excludes halogenated alkanes) is 6. The number of aromatic hydroxyl groups is 1. The highest BCUT2D eigenvalue weighted by molar-refractivity contribution is 5.31. The van der Waals surface area contributed by atoms with Crippen LogP contribution in [0, 0.1) is 0 Å². The number of aryl methyl sites for hydroxylation is 1. The third kappa shape index (κ3) is 14.2. The first-order valence-electron chi connectivity index (χ1n) is 8.94. The second kappa shape index (κ2) is 17.3. The largest absolute Gasteiger partial charge is 0.508 e. The number of benzene rings is 1. The van der Waals surface area contributed by atoms with Crippen molar-refractivity contribution in [2.75, 3.05) is 13.2 Å². The van der Waals surface area contributed by atoms with Crippen LogP contribution >= 0.6 is 0 Å². The van der Waals surface area contributed by atoms with Crippen molar-refractivity contribution in [2.24, 2.45) is 0 Å². The molecule has 0 saturated carbocycles. The normalized spacial score (nSPS) is 10.2. The first-order chi connectivity index (χ1) is 11.3. The lowest BCUT2D eigenvalue weighted by atomic mass is 10.0. The van der Waals surface area contributed by atoms with Crippen LogP contribution in [-0.2, 0) is 21.2 Å². The molecule has 0 fully saturated rings. The Morgan fingerprint density at radius 3 is 1.91 bits per heavy atom. The van der Waals surface area contributed by atoms with E-state index in [9.17, 15) is 5.11 Å². The van der Waals surface area contributed by atoms with Crippen LogP contribution in [0.4, 0.5) is 0 Å². The maximum atomic E-state index is 9.58. The highest BCUT2D eigenvalue weighted by Gasteiger charge is 1.98. The van der Waals surface area contributed by atoms with Crippen LogP contribution in [0.1, 0.15) is 71.3 Å². The topological polar surface area (TPSA) is 47.9 Å². The van der Waals surface area contributed by atoms with Gasteiger partial charge in [0, 0.05) is 0 Å². The Hall–Kier alpha value is -1.10. The van der Waals surface area contributed by atoms with E-state index in [0.717, 1.165) is 12.0 Å². The summed E-state index contributed by atoms with van der Waals surface area (Å²) >= 11 is 0. The van der Waals surface area contributed by atoms with Crippen molar-refractivity contribution in [2.45, 2.75) is 72.1 Å². The zero-order valence-electron chi connectivity index (χ0n) is 15.1. The van der Waals surface area contributed by atoms with Gasteiger partial charge in [-0.25, -0.2) is 9.78 Å². The molecule has 1 aromatic rings. The van der Waals surface area contributed by atoms with E-state index in [2.05, 4.69) is 21.7 Å². The second-order valence-corrected chi connectivity index (χ2v) is 5.38. The van der Waals surface area contributed by atoms with E-state index >= 15 is 0 Å². The number of para-hydroxylation sites is 1. The Kier molecular flexibility index (Phi) is 16.4. The molecule has 0 unspecified atom stereocenters. The molecule has 0 amide bonds. The number of rotatable bonds is 12. The van der Waals surface area contributed by atoms with Crippen molar-refractivity contribution in [3.05, 3.63) is 29.8 Å². The zero-order chi connectivity index (χ0) is 17.2. The van der Waals surface area contributed by atoms with Crippen molar-refractivity contribution in [3.8, 4) is 5.75 Å². The van der Waals surface area contributed by atoms with E-state index in [1.54, 1.807) is 6.07 Å². The molecule has 0 aliphatic carbocycles. The fourth-order valence-corrected chi connectivity index (χ4v) is 2.13. The van der Waals surface area contributed by atoms with Crippen LogP contribution in [-0.4, -0.2) is 18.3 Å². The number of hydrogen-bond donors (Lipinski definition) is 1. The molecular formula is C19H34O4. The SMILES string of the molecule is CCCCCCCCCc1ccccc1O.CCOOOCC. The predicted octanol–water partition coefficient (Wildman–Crippen LogP) is 5.59. The summed E-state index contributed by atoms with van der Waals surface area (Å²) in [5, 5.41) is 13.7. The van der Waals surface area contributed by atoms with Gasteiger partial charge in [-0.15, -0.1) is 0 Å². The van der Waals surface area contributed by atoms with Crippen molar-refractivity contribution < 1.29 is 19.9 Å². The third-order valence-electron chi connectivity index (χ3n) is 3.37. The van der Waals surface area contributed by atoms with Gasteiger partial charge >= 0.3 is 0 Å². The molecular weight excluding hydrogens is 292 g/mol. The first kappa shape index (κ1) is 21.9. The van der Waals surface area contributed by atoms with Gasteiger partial charge in [0.15, 0.2) is 0 Å². The Morgan fingerprint density at radius 1 is 0.783 bits per heavy atom. The molecule has 0 spiro atoms.